The standard InChI is InChI=1S/C14H16BrN3O2S.C14H17N3O2S.CH4/c1-14(2,3)20-13(19)18(4)12-10(15)17-11(21-12)9-6-5-7-16-8-9;1-14(2,3)19-13(18)17(4)11-9-16-12(20-11)10-6-5-7-15-8-10;/h5-8H,1-4H3;5-9H,1-4H3;1H4. The average Bonchev–Trinajstić information content (AvgIpc) is 3.55. The van der Waals surface area contributed by atoms with E-state index in [1.165, 1.54) is 32.5 Å². The van der Waals surface area contributed by atoms with Crippen molar-refractivity contribution in [1.29, 1.82) is 0 Å². The van der Waals surface area contributed by atoms with Crippen molar-refractivity contribution >= 4 is 60.8 Å². The fraction of sp³-hybridized carbons (Fsp3) is 0.379. The Kier molecular flexibility index (Phi) is 12.1. The van der Waals surface area contributed by atoms with Crippen LogP contribution in [0.2, 0.25) is 0 Å². The maximum absolute atomic E-state index is 12.1. The molecule has 226 valence electrons. The van der Waals surface area contributed by atoms with Crippen LogP contribution in [-0.2, 0) is 9.47 Å². The Bertz CT molecular complexity index is 1450. The first-order valence-corrected chi connectivity index (χ1v) is 14.9. The van der Waals surface area contributed by atoms with Gasteiger partial charge in [0.2, 0.25) is 0 Å². The van der Waals surface area contributed by atoms with Gasteiger partial charge >= 0.3 is 12.2 Å². The Hall–Kier alpha value is -3.42. The number of carbonyl (C=O) groups excluding carboxylic acids is 2. The zero-order valence-corrected chi connectivity index (χ0v) is 27.4. The Morgan fingerprint density at radius 2 is 1.29 bits per heavy atom. The van der Waals surface area contributed by atoms with Gasteiger partial charge in [0, 0.05) is 50.0 Å². The Morgan fingerprint density at radius 1 is 0.786 bits per heavy atom. The first-order valence-electron chi connectivity index (χ1n) is 12.5. The van der Waals surface area contributed by atoms with Crippen LogP contribution in [0.15, 0.2) is 59.9 Å². The highest BCUT2D eigenvalue weighted by atomic mass is 79.9. The number of aromatic nitrogens is 4. The molecule has 4 aromatic heterocycles. The molecule has 0 N–H and O–H groups in total. The van der Waals surface area contributed by atoms with Crippen molar-refractivity contribution in [1.82, 2.24) is 19.9 Å². The summed E-state index contributed by atoms with van der Waals surface area (Å²) in [6, 6.07) is 7.56. The molecule has 0 saturated carbocycles. The number of pyridine rings is 2. The molecule has 13 heteroatoms. The van der Waals surface area contributed by atoms with Crippen LogP contribution in [-0.4, -0.2) is 57.4 Å². The van der Waals surface area contributed by atoms with Crippen molar-refractivity contribution in [2.45, 2.75) is 60.2 Å². The summed E-state index contributed by atoms with van der Waals surface area (Å²) >= 11 is 6.22. The second-order valence-electron chi connectivity index (χ2n) is 10.7. The largest absolute Gasteiger partial charge is 0.443 e. The SMILES string of the molecule is C.CN(C(=O)OC(C)(C)C)c1cnc(-c2cccnc2)s1.CN(C(=O)OC(C)(C)C)c1sc(-c2cccnc2)nc1Br. The molecular formula is C29H37BrN6O4S2. The van der Waals surface area contributed by atoms with Crippen molar-refractivity contribution < 1.29 is 19.1 Å². The smallest absolute Gasteiger partial charge is 0.415 e. The van der Waals surface area contributed by atoms with Crippen LogP contribution in [0.3, 0.4) is 0 Å². The molecule has 4 aromatic rings. The summed E-state index contributed by atoms with van der Waals surface area (Å²) in [6.45, 7) is 11.0. The van der Waals surface area contributed by atoms with Gasteiger partial charge in [0.25, 0.3) is 0 Å². The van der Waals surface area contributed by atoms with Crippen LogP contribution in [0, 0.1) is 0 Å². The van der Waals surface area contributed by atoms with Crippen LogP contribution in [0.5, 0.6) is 0 Å². The number of hydrogen-bond acceptors (Lipinski definition) is 10. The van der Waals surface area contributed by atoms with Gasteiger partial charge < -0.3 is 9.47 Å². The number of hydrogen-bond donors (Lipinski definition) is 0. The van der Waals surface area contributed by atoms with Crippen LogP contribution >= 0.6 is 38.6 Å². The summed E-state index contributed by atoms with van der Waals surface area (Å²) < 4.78 is 11.3. The molecule has 0 saturated heterocycles. The van der Waals surface area contributed by atoms with Crippen molar-refractivity contribution in [3.8, 4) is 21.1 Å². The average molecular weight is 678 g/mol. The van der Waals surface area contributed by atoms with Gasteiger partial charge in [0.15, 0.2) is 0 Å². The maximum Gasteiger partial charge on any atom is 0.415 e. The van der Waals surface area contributed by atoms with Gasteiger partial charge in [-0.1, -0.05) is 30.1 Å². The summed E-state index contributed by atoms with van der Waals surface area (Å²) in [5, 5.41) is 3.05. The normalized spacial score (nSPS) is 11.0. The van der Waals surface area contributed by atoms with E-state index in [4.69, 9.17) is 9.47 Å². The summed E-state index contributed by atoms with van der Waals surface area (Å²) in [6.07, 6.45) is 7.77. The number of nitrogens with zero attached hydrogens (tertiary/aromatic N) is 6. The van der Waals surface area contributed by atoms with E-state index in [2.05, 4.69) is 35.9 Å². The second kappa shape index (κ2) is 14.7. The van der Waals surface area contributed by atoms with E-state index in [1.807, 2.05) is 65.8 Å². The van der Waals surface area contributed by atoms with Gasteiger partial charge in [-0.25, -0.2) is 19.6 Å². The molecule has 0 unspecified atom stereocenters. The lowest BCUT2D eigenvalue weighted by Gasteiger charge is -2.23. The van der Waals surface area contributed by atoms with Gasteiger partial charge in [-0.15, -0.1) is 0 Å². The molecule has 0 bridgehead atoms. The topological polar surface area (TPSA) is 111 Å². The highest BCUT2D eigenvalue weighted by molar-refractivity contribution is 9.10. The van der Waals surface area contributed by atoms with Crippen LogP contribution in [0.4, 0.5) is 19.6 Å². The second-order valence-corrected chi connectivity index (χ2v) is 13.4. The highest BCUT2D eigenvalue weighted by Crippen LogP contribution is 2.37. The van der Waals surface area contributed by atoms with Crippen LogP contribution in [0.25, 0.3) is 21.1 Å². The molecule has 0 aromatic carbocycles. The monoisotopic (exact) mass is 676 g/mol. The molecular weight excluding hydrogens is 640 g/mol. The highest BCUT2D eigenvalue weighted by Gasteiger charge is 2.25. The summed E-state index contributed by atoms with van der Waals surface area (Å²) in [5.74, 6) is 0. The van der Waals surface area contributed by atoms with E-state index in [0.29, 0.717) is 9.60 Å². The Balaban J connectivity index is 0.000000287. The molecule has 0 radical (unpaired) electrons. The van der Waals surface area contributed by atoms with Gasteiger partial charge in [0.05, 0.1) is 6.20 Å². The van der Waals surface area contributed by atoms with Crippen molar-refractivity contribution in [2.75, 3.05) is 23.9 Å². The summed E-state index contributed by atoms with van der Waals surface area (Å²) in [7, 11) is 3.34. The minimum absolute atomic E-state index is 0. The van der Waals surface area contributed by atoms with Crippen LogP contribution in [0.1, 0.15) is 49.0 Å². The Labute approximate surface area is 263 Å². The molecule has 0 fully saturated rings. The number of anilines is 2. The predicted octanol–water partition coefficient (Wildman–Crippen LogP) is 8.55. The fourth-order valence-electron chi connectivity index (χ4n) is 2.99. The summed E-state index contributed by atoms with van der Waals surface area (Å²) in [4.78, 5) is 43.9. The van der Waals surface area contributed by atoms with E-state index >= 15 is 0 Å². The molecule has 0 aliphatic heterocycles. The molecule has 0 aliphatic rings. The van der Waals surface area contributed by atoms with E-state index in [9.17, 15) is 9.59 Å². The third-order valence-electron chi connectivity index (χ3n) is 4.85. The van der Waals surface area contributed by atoms with Crippen molar-refractivity contribution in [2.24, 2.45) is 0 Å². The third-order valence-corrected chi connectivity index (χ3v) is 7.97. The number of carbonyl (C=O) groups is 2. The van der Waals surface area contributed by atoms with Gasteiger partial charge in [-0.2, -0.15) is 0 Å². The lowest BCUT2D eigenvalue weighted by atomic mass is 10.2. The molecule has 0 atom stereocenters. The van der Waals surface area contributed by atoms with Gasteiger partial charge in [0.1, 0.15) is 35.8 Å². The predicted molar refractivity (Wildman–Crippen MR) is 174 cm³/mol. The number of halogens is 1. The van der Waals surface area contributed by atoms with Gasteiger partial charge in [-0.3, -0.25) is 19.8 Å². The quantitative estimate of drug-likeness (QED) is 0.211. The number of ether oxygens (including phenoxy) is 2. The number of amides is 2. The molecule has 4 rings (SSSR count). The Morgan fingerprint density at radius 3 is 1.76 bits per heavy atom. The minimum Gasteiger partial charge on any atom is -0.443 e. The molecule has 0 spiro atoms. The van der Waals surface area contributed by atoms with E-state index in [-0.39, 0.29) is 13.5 Å². The number of rotatable bonds is 4. The van der Waals surface area contributed by atoms with Crippen LogP contribution < -0.4 is 9.80 Å². The van der Waals surface area contributed by atoms with Gasteiger partial charge in [-0.05, 0) is 81.7 Å². The molecule has 10 nitrogen and oxygen atoms in total. The first kappa shape index (κ1) is 34.8. The molecule has 42 heavy (non-hydrogen) atoms. The zero-order chi connectivity index (χ0) is 30.4. The minimum atomic E-state index is -0.533. The molecule has 2 amide bonds. The molecule has 4 heterocycles. The fourth-order valence-corrected chi connectivity index (χ4v) is 5.55. The molecule has 0 aliphatic carbocycles. The number of thiazole rings is 2. The third kappa shape index (κ3) is 10.1. The maximum atomic E-state index is 12.1. The van der Waals surface area contributed by atoms with E-state index in [0.717, 1.165) is 26.1 Å². The lowest BCUT2D eigenvalue weighted by molar-refractivity contribution is 0.0579. The van der Waals surface area contributed by atoms with Crippen molar-refractivity contribution in [3.63, 3.8) is 0 Å². The lowest BCUT2D eigenvalue weighted by Crippen LogP contribution is -2.33. The first-order chi connectivity index (χ1) is 19.1. The summed E-state index contributed by atoms with van der Waals surface area (Å²) in [5.41, 5.74) is 0.796. The van der Waals surface area contributed by atoms with E-state index < -0.39 is 17.3 Å². The van der Waals surface area contributed by atoms with Crippen molar-refractivity contribution in [3.05, 3.63) is 59.9 Å². The zero-order valence-electron chi connectivity index (χ0n) is 24.2. The van der Waals surface area contributed by atoms with E-state index in [1.54, 1.807) is 45.1 Å².